The van der Waals surface area contributed by atoms with Crippen LogP contribution in [0.25, 0.3) is 21.9 Å². The molecule has 5 heterocycles. The summed E-state index contributed by atoms with van der Waals surface area (Å²) in [4.78, 5) is 40.2. The fraction of sp³-hybridized carbons (Fsp3) is 0.318. The molecule has 1 saturated heterocycles. The van der Waals surface area contributed by atoms with Crippen molar-refractivity contribution in [1.82, 2.24) is 19.9 Å². The minimum absolute atomic E-state index is 0.00272. The molecule has 0 aromatic carbocycles. The normalized spacial score (nSPS) is 14.5. The maximum Gasteiger partial charge on any atom is 0.268 e. The van der Waals surface area contributed by atoms with Crippen LogP contribution >= 0.6 is 11.3 Å². The molecule has 5 rings (SSSR count). The number of rotatable bonds is 5. The van der Waals surface area contributed by atoms with Crippen LogP contribution in [0, 0.1) is 17.2 Å². The first-order valence-electron chi connectivity index (χ1n) is 10.4. The minimum atomic E-state index is -0.187. The molecule has 1 amide bonds. The van der Waals surface area contributed by atoms with Crippen molar-refractivity contribution >= 4 is 33.3 Å². The van der Waals surface area contributed by atoms with E-state index in [0.29, 0.717) is 53.6 Å². The minimum Gasteiger partial charge on any atom is -0.459 e. The van der Waals surface area contributed by atoms with Crippen molar-refractivity contribution in [3.05, 3.63) is 51.7 Å². The number of anilines is 1. The van der Waals surface area contributed by atoms with Crippen LogP contribution in [0.5, 0.6) is 0 Å². The summed E-state index contributed by atoms with van der Waals surface area (Å²) in [6.45, 7) is 1.34. The third kappa shape index (κ3) is 4.01. The van der Waals surface area contributed by atoms with E-state index in [0.717, 1.165) is 0 Å². The first kappa shape index (κ1) is 21.0. The number of thiophene rings is 1. The van der Waals surface area contributed by atoms with Gasteiger partial charge in [0.15, 0.2) is 5.76 Å². The Kier molecular flexibility index (Phi) is 5.43. The van der Waals surface area contributed by atoms with Crippen LogP contribution in [0.15, 0.2) is 43.5 Å². The number of amides is 1. The Balaban J connectivity index is 1.24. The number of carbonyl (C=O) groups is 1. The van der Waals surface area contributed by atoms with E-state index in [2.05, 4.69) is 21.0 Å². The summed E-state index contributed by atoms with van der Waals surface area (Å²) in [5, 5.41) is 11.3. The predicted octanol–water partition coefficient (Wildman–Crippen LogP) is 2.98. The van der Waals surface area contributed by atoms with Gasteiger partial charge in [-0.05, 0) is 36.4 Å². The van der Waals surface area contributed by atoms with Crippen molar-refractivity contribution in [2.45, 2.75) is 19.4 Å². The zero-order valence-electron chi connectivity index (χ0n) is 17.8. The summed E-state index contributed by atoms with van der Waals surface area (Å²) in [6, 6.07) is 7.31. The quantitative estimate of drug-likeness (QED) is 0.477. The average Bonchev–Trinajstić information content (AvgIpc) is 3.58. The molecule has 10 nitrogen and oxygen atoms in total. The summed E-state index contributed by atoms with van der Waals surface area (Å²) >= 11 is 1.34. The third-order valence-corrected chi connectivity index (χ3v) is 6.61. The number of aromatic amines is 1. The number of fused-ring (bicyclic) bond motifs is 1. The molecule has 4 aromatic heterocycles. The Labute approximate surface area is 192 Å². The molecule has 11 heteroatoms. The topological polar surface area (TPSA) is 132 Å². The molecule has 1 fully saturated rings. The number of piperidine rings is 1. The Morgan fingerprint density at radius 2 is 2.18 bits per heavy atom. The third-order valence-electron chi connectivity index (χ3n) is 5.71. The monoisotopic (exact) mass is 464 g/mol. The van der Waals surface area contributed by atoms with Crippen molar-refractivity contribution in [3.63, 3.8) is 0 Å². The molecular weight excluding hydrogens is 444 g/mol. The van der Waals surface area contributed by atoms with E-state index in [-0.39, 0.29) is 35.5 Å². The second-order valence-electron chi connectivity index (χ2n) is 7.87. The Bertz CT molecular complexity index is 1390. The van der Waals surface area contributed by atoms with Crippen molar-refractivity contribution in [2.24, 2.45) is 5.92 Å². The van der Waals surface area contributed by atoms with Crippen LogP contribution in [0.2, 0.25) is 0 Å². The van der Waals surface area contributed by atoms with E-state index in [9.17, 15) is 14.9 Å². The highest BCUT2D eigenvalue weighted by atomic mass is 32.1. The van der Waals surface area contributed by atoms with Gasteiger partial charge in [0.2, 0.25) is 17.5 Å². The molecule has 0 aliphatic carbocycles. The highest BCUT2D eigenvalue weighted by Crippen LogP contribution is 2.31. The van der Waals surface area contributed by atoms with Crippen LogP contribution in [0.1, 0.15) is 24.4 Å². The van der Waals surface area contributed by atoms with Crippen LogP contribution in [0.3, 0.4) is 0 Å². The fourth-order valence-corrected chi connectivity index (χ4v) is 4.77. The molecule has 33 heavy (non-hydrogen) atoms. The van der Waals surface area contributed by atoms with E-state index in [1.54, 1.807) is 30.1 Å². The van der Waals surface area contributed by atoms with Crippen LogP contribution < -0.4 is 10.5 Å². The van der Waals surface area contributed by atoms with Gasteiger partial charge in [0.1, 0.15) is 16.6 Å². The summed E-state index contributed by atoms with van der Waals surface area (Å²) in [6.07, 6.45) is 2.74. The van der Waals surface area contributed by atoms with E-state index in [1.165, 1.54) is 17.6 Å². The Morgan fingerprint density at radius 3 is 2.91 bits per heavy atom. The number of aromatic nitrogens is 3. The predicted molar refractivity (Wildman–Crippen MR) is 121 cm³/mol. The number of hydrogen-bond acceptors (Lipinski definition) is 9. The van der Waals surface area contributed by atoms with Gasteiger partial charge in [-0.2, -0.15) is 10.2 Å². The molecule has 168 valence electrons. The fourth-order valence-electron chi connectivity index (χ4n) is 4.05. The number of nitriles is 1. The SMILES string of the molecule is CN(Cc1nc2ccsc2c(=O)[nH]1)C(=O)C1CCN(c2oc(-c3ccco3)nc2C#N)CC1. The van der Waals surface area contributed by atoms with Crippen molar-refractivity contribution in [2.75, 3.05) is 25.0 Å². The molecule has 0 bridgehead atoms. The smallest absolute Gasteiger partial charge is 0.268 e. The van der Waals surface area contributed by atoms with Gasteiger partial charge in [-0.1, -0.05) is 0 Å². The van der Waals surface area contributed by atoms with Gasteiger partial charge in [-0.15, -0.1) is 11.3 Å². The van der Waals surface area contributed by atoms with E-state index in [1.807, 2.05) is 10.3 Å². The average molecular weight is 465 g/mol. The van der Waals surface area contributed by atoms with Crippen molar-refractivity contribution in [1.29, 1.82) is 5.26 Å². The first-order chi connectivity index (χ1) is 16.0. The van der Waals surface area contributed by atoms with E-state index < -0.39 is 0 Å². The summed E-state index contributed by atoms with van der Waals surface area (Å²) in [5.74, 6) is 1.40. The van der Waals surface area contributed by atoms with Gasteiger partial charge in [0.05, 0.1) is 18.3 Å². The number of nitrogens with zero attached hydrogens (tertiary/aromatic N) is 5. The van der Waals surface area contributed by atoms with E-state index >= 15 is 0 Å². The Morgan fingerprint density at radius 1 is 1.36 bits per heavy atom. The van der Waals surface area contributed by atoms with Gasteiger partial charge >= 0.3 is 0 Å². The summed E-state index contributed by atoms with van der Waals surface area (Å²) in [7, 11) is 1.71. The van der Waals surface area contributed by atoms with Crippen molar-refractivity contribution in [3.8, 4) is 17.7 Å². The van der Waals surface area contributed by atoms with Crippen molar-refractivity contribution < 1.29 is 13.6 Å². The maximum absolute atomic E-state index is 13.0. The number of oxazole rings is 1. The highest BCUT2D eigenvalue weighted by molar-refractivity contribution is 7.17. The molecule has 0 unspecified atom stereocenters. The molecule has 1 N–H and O–H groups in total. The van der Waals surface area contributed by atoms with Gasteiger partial charge in [0.25, 0.3) is 11.4 Å². The van der Waals surface area contributed by atoms with Crippen LogP contribution in [-0.2, 0) is 11.3 Å². The second-order valence-corrected chi connectivity index (χ2v) is 8.78. The molecule has 0 atom stereocenters. The van der Waals surface area contributed by atoms with Gasteiger partial charge in [-0.3, -0.25) is 9.59 Å². The molecule has 0 radical (unpaired) electrons. The lowest BCUT2D eigenvalue weighted by atomic mass is 9.95. The number of carbonyl (C=O) groups excluding carboxylic acids is 1. The van der Waals surface area contributed by atoms with Crippen LogP contribution in [-0.4, -0.2) is 45.9 Å². The number of hydrogen-bond donors (Lipinski definition) is 1. The van der Waals surface area contributed by atoms with E-state index in [4.69, 9.17) is 8.83 Å². The lowest BCUT2D eigenvalue weighted by molar-refractivity contribution is -0.135. The number of nitrogens with one attached hydrogen (secondary N) is 1. The summed E-state index contributed by atoms with van der Waals surface area (Å²) in [5.41, 5.74) is 0.651. The zero-order valence-corrected chi connectivity index (χ0v) is 18.6. The number of H-pyrrole nitrogens is 1. The molecule has 1 aliphatic heterocycles. The van der Waals surface area contributed by atoms with Crippen LogP contribution in [0.4, 0.5) is 5.88 Å². The molecule has 0 saturated carbocycles. The molecular formula is C22H20N6O4S. The van der Waals surface area contributed by atoms with Gasteiger partial charge < -0.3 is 23.6 Å². The van der Waals surface area contributed by atoms with Gasteiger partial charge in [-0.25, -0.2) is 4.98 Å². The standard InChI is InChI=1S/C22H20N6O4S/c1-27(12-17-24-14-6-10-33-18(14)19(29)26-17)21(30)13-4-7-28(8-5-13)22-15(11-23)25-20(32-22)16-3-2-9-31-16/h2-3,6,9-10,13H,4-5,7-8,12H2,1H3,(H,24,26,29). The lowest BCUT2D eigenvalue weighted by Crippen LogP contribution is -2.41. The first-order valence-corrected chi connectivity index (χ1v) is 11.3. The molecule has 1 aliphatic rings. The van der Waals surface area contributed by atoms with Gasteiger partial charge in [0, 0.05) is 26.1 Å². The number of furan rings is 1. The molecule has 0 spiro atoms. The molecule has 4 aromatic rings. The Hall–Kier alpha value is -3.91. The zero-order chi connectivity index (χ0) is 22.9. The maximum atomic E-state index is 13.0. The largest absolute Gasteiger partial charge is 0.459 e. The summed E-state index contributed by atoms with van der Waals surface area (Å²) < 4.78 is 11.7. The second kappa shape index (κ2) is 8.55. The highest BCUT2D eigenvalue weighted by Gasteiger charge is 2.31. The lowest BCUT2D eigenvalue weighted by Gasteiger charge is -2.32.